The lowest BCUT2D eigenvalue weighted by Crippen LogP contribution is -2.29. The molecule has 2 N–H and O–H groups in total. The van der Waals surface area contributed by atoms with Crippen LogP contribution < -0.4 is 4.72 Å². The van der Waals surface area contributed by atoms with Gasteiger partial charge in [-0.05, 0) is 46.2 Å². The highest BCUT2D eigenvalue weighted by Crippen LogP contribution is 2.34. The standard InChI is InChI=1S/C26H21ClN2O2S/c27-25-11-5-3-9-21(25)24(23-16-28-26-12-6-4-10-22(23)26)17-29-32(30,31)20-14-13-18-7-1-2-8-19(18)15-20/h1-16,24,28-29H,17H2/t24-/m1/s1. The minimum Gasteiger partial charge on any atom is -0.361 e. The van der Waals surface area contributed by atoms with Gasteiger partial charge in [-0.3, -0.25) is 0 Å². The zero-order valence-electron chi connectivity index (χ0n) is 17.1. The Morgan fingerprint density at radius 1 is 0.812 bits per heavy atom. The van der Waals surface area contributed by atoms with Crippen LogP contribution in [0.4, 0.5) is 0 Å². The quantitative estimate of drug-likeness (QED) is 0.322. The van der Waals surface area contributed by atoms with Gasteiger partial charge in [0, 0.05) is 34.6 Å². The lowest BCUT2D eigenvalue weighted by atomic mass is 9.91. The van der Waals surface area contributed by atoms with E-state index in [2.05, 4.69) is 9.71 Å². The van der Waals surface area contributed by atoms with Crippen molar-refractivity contribution in [1.82, 2.24) is 9.71 Å². The minimum atomic E-state index is -3.72. The third kappa shape index (κ3) is 3.91. The fourth-order valence-electron chi connectivity index (χ4n) is 4.14. The molecule has 5 rings (SSSR count). The molecule has 1 heterocycles. The van der Waals surface area contributed by atoms with Crippen molar-refractivity contribution < 1.29 is 8.42 Å². The first-order valence-corrected chi connectivity index (χ1v) is 12.2. The average molecular weight is 461 g/mol. The molecule has 0 aliphatic rings. The van der Waals surface area contributed by atoms with Crippen molar-refractivity contribution >= 4 is 43.3 Å². The number of fused-ring (bicyclic) bond motifs is 2. The largest absolute Gasteiger partial charge is 0.361 e. The van der Waals surface area contributed by atoms with Gasteiger partial charge in [0.15, 0.2) is 0 Å². The van der Waals surface area contributed by atoms with E-state index in [1.54, 1.807) is 12.1 Å². The Balaban J connectivity index is 1.52. The third-order valence-corrected chi connectivity index (χ3v) is 7.55. The molecular weight excluding hydrogens is 440 g/mol. The summed E-state index contributed by atoms with van der Waals surface area (Å²) < 4.78 is 29.2. The highest BCUT2D eigenvalue weighted by molar-refractivity contribution is 7.89. The second-order valence-electron chi connectivity index (χ2n) is 7.72. The van der Waals surface area contributed by atoms with E-state index in [0.717, 1.165) is 32.8 Å². The topological polar surface area (TPSA) is 62.0 Å². The number of nitrogens with one attached hydrogen (secondary N) is 2. The highest BCUT2D eigenvalue weighted by atomic mass is 35.5. The average Bonchev–Trinajstić information content (AvgIpc) is 3.24. The second kappa shape index (κ2) is 8.43. The zero-order valence-corrected chi connectivity index (χ0v) is 18.7. The van der Waals surface area contributed by atoms with Crippen LogP contribution >= 0.6 is 11.6 Å². The van der Waals surface area contributed by atoms with Gasteiger partial charge in [-0.25, -0.2) is 13.1 Å². The summed E-state index contributed by atoms with van der Waals surface area (Å²) in [6.45, 7) is 0.181. The van der Waals surface area contributed by atoms with Crippen molar-refractivity contribution in [3.63, 3.8) is 0 Å². The third-order valence-electron chi connectivity index (χ3n) is 5.79. The molecule has 0 spiro atoms. The number of benzene rings is 4. The fraction of sp³-hybridized carbons (Fsp3) is 0.0769. The molecule has 0 amide bonds. The molecule has 0 fully saturated rings. The summed E-state index contributed by atoms with van der Waals surface area (Å²) in [6, 6.07) is 28.4. The molecule has 160 valence electrons. The molecule has 4 aromatic carbocycles. The number of H-pyrrole nitrogens is 1. The van der Waals surface area contributed by atoms with E-state index in [4.69, 9.17) is 11.6 Å². The number of hydrogen-bond donors (Lipinski definition) is 2. The van der Waals surface area contributed by atoms with Crippen molar-refractivity contribution in [3.05, 3.63) is 113 Å². The Labute approximate surface area is 191 Å². The molecule has 1 atom stereocenters. The number of aromatic amines is 1. The van der Waals surface area contributed by atoms with Crippen LogP contribution in [-0.4, -0.2) is 19.9 Å². The van der Waals surface area contributed by atoms with Crippen LogP contribution in [0.3, 0.4) is 0 Å². The first-order chi connectivity index (χ1) is 15.5. The zero-order chi connectivity index (χ0) is 22.1. The number of aromatic nitrogens is 1. The minimum absolute atomic E-state index is 0.181. The maximum atomic E-state index is 13.2. The molecular formula is C26H21ClN2O2S. The molecule has 0 aliphatic heterocycles. The summed E-state index contributed by atoms with van der Waals surface area (Å²) in [5.74, 6) is -0.255. The van der Waals surface area contributed by atoms with Crippen LogP contribution in [-0.2, 0) is 10.0 Å². The van der Waals surface area contributed by atoms with Crippen LogP contribution in [0, 0.1) is 0 Å². The number of halogens is 1. The van der Waals surface area contributed by atoms with Gasteiger partial charge in [0.05, 0.1) is 4.90 Å². The van der Waals surface area contributed by atoms with Crippen molar-refractivity contribution in [2.45, 2.75) is 10.8 Å². The Hall–Kier alpha value is -3.12. The summed E-state index contributed by atoms with van der Waals surface area (Å²) in [5.41, 5.74) is 2.87. The summed E-state index contributed by atoms with van der Waals surface area (Å²) in [4.78, 5) is 3.53. The van der Waals surface area contributed by atoms with Gasteiger partial charge in [0.25, 0.3) is 0 Å². The summed E-state index contributed by atoms with van der Waals surface area (Å²) in [5, 5.41) is 3.53. The monoisotopic (exact) mass is 460 g/mol. The van der Waals surface area contributed by atoms with Gasteiger partial charge >= 0.3 is 0 Å². The van der Waals surface area contributed by atoms with Crippen molar-refractivity contribution in [1.29, 1.82) is 0 Å². The van der Waals surface area contributed by atoms with Crippen LogP contribution in [0.2, 0.25) is 5.02 Å². The van der Waals surface area contributed by atoms with E-state index in [-0.39, 0.29) is 17.4 Å². The maximum Gasteiger partial charge on any atom is 0.240 e. The molecule has 1 aromatic heterocycles. The number of para-hydroxylation sites is 1. The first kappa shape index (κ1) is 20.8. The van der Waals surface area contributed by atoms with Crippen LogP contribution in [0.1, 0.15) is 17.0 Å². The van der Waals surface area contributed by atoms with Crippen molar-refractivity contribution in [2.75, 3.05) is 6.54 Å². The van der Waals surface area contributed by atoms with Gasteiger partial charge in [0.1, 0.15) is 0 Å². The maximum absolute atomic E-state index is 13.2. The normalized spacial score (nSPS) is 12.9. The Morgan fingerprint density at radius 2 is 1.53 bits per heavy atom. The molecule has 0 aliphatic carbocycles. The van der Waals surface area contributed by atoms with E-state index >= 15 is 0 Å². The molecule has 5 aromatic rings. The Bertz CT molecular complexity index is 1530. The summed E-state index contributed by atoms with van der Waals surface area (Å²) in [6.07, 6.45) is 1.93. The number of rotatable bonds is 6. The summed E-state index contributed by atoms with van der Waals surface area (Å²) >= 11 is 6.53. The van der Waals surface area contributed by atoms with Crippen LogP contribution in [0.15, 0.2) is 102 Å². The van der Waals surface area contributed by atoms with E-state index in [9.17, 15) is 8.42 Å². The number of sulfonamides is 1. The van der Waals surface area contributed by atoms with E-state index in [0.29, 0.717) is 5.02 Å². The van der Waals surface area contributed by atoms with Crippen molar-refractivity contribution in [2.24, 2.45) is 0 Å². The molecule has 0 radical (unpaired) electrons. The molecule has 0 bridgehead atoms. The molecule has 32 heavy (non-hydrogen) atoms. The molecule has 0 saturated heterocycles. The van der Waals surface area contributed by atoms with Gasteiger partial charge in [0.2, 0.25) is 10.0 Å². The van der Waals surface area contributed by atoms with Gasteiger partial charge < -0.3 is 4.98 Å². The van der Waals surface area contributed by atoms with E-state index < -0.39 is 10.0 Å². The van der Waals surface area contributed by atoms with Crippen LogP contribution in [0.25, 0.3) is 21.7 Å². The Morgan fingerprint density at radius 3 is 2.38 bits per heavy atom. The SMILES string of the molecule is O=S(=O)(NC[C@H](c1ccccc1Cl)c1c[nH]c2ccccc12)c1ccc2ccccc2c1. The van der Waals surface area contributed by atoms with Crippen LogP contribution in [0.5, 0.6) is 0 Å². The highest BCUT2D eigenvalue weighted by Gasteiger charge is 2.23. The molecule has 4 nitrogen and oxygen atoms in total. The molecule has 0 saturated carbocycles. The van der Waals surface area contributed by atoms with Gasteiger partial charge in [-0.15, -0.1) is 0 Å². The molecule has 6 heteroatoms. The first-order valence-electron chi connectivity index (χ1n) is 10.3. The Kier molecular flexibility index (Phi) is 5.47. The van der Waals surface area contributed by atoms with E-state index in [1.807, 2.05) is 85.1 Å². The fourth-order valence-corrected chi connectivity index (χ4v) is 5.49. The molecule has 0 unspecified atom stereocenters. The smallest absolute Gasteiger partial charge is 0.240 e. The predicted molar refractivity (Wildman–Crippen MR) is 131 cm³/mol. The lowest BCUT2D eigenvalue weighted by molar-refractivity contribution is 0.578. The lowest BCUT2D eigenvalue weighted by Gasteiger charge is -2.19. The number of hydrogen-bond acceptors (Lipinski definition) is 2. The predicted octanol–water partition coefficient (Wildman–Crippen LogP) is 6.08. The van der Waals surface area contributed by atoms with Gasteiger partial charge in [-0.1, -0.05) is 78.3 Å². The summed E-state index contributed by atoms with van der Waals surface area (Å²) in [7, 11) is -3.72. The van der Waals surface area contributed by atoms with E-state index in [1.165, 1.54) is 0 Å². The second-order valence-corrected chi connectivity index (χ2v) is 9.90. The van der Waals surface area contributed by atoms with Gasteiger partial charge in [-0.2, -0.15) is 0 Å². The van der Waals surface area contributed by atoms with Crippen molar-refractivity contribution in [3.8, 4) is 0 Å².